The fourth-order valence-electron chi connectivity index (χ4n) is 3.03. The van der Waals surface area contributed by atoms with Crippen LogP contribution in [0.2, 0.25) is 0 Å². The summed E-state index contributed by atoms with van der Waals surface area (Å²) in [6.45, 7) is 4.43. The van der Waals surface area contributed by atoms with Crippen molar-refractivity contribution in [3.05, 3.63) is 23.9 Å². The van der Waals surface area contributed by atoms with E-state index in [0.717, 1.165) is 19.3 Å². The Kier molecular flexibility index (Phi) is 5.17. The lowest BCUT2D eigenvalue weighted by Crippen LogP contribution is -2.46. The van der Waals surface area contributed by atoms with Crippen LogP contribution in [0, 0.1) is 5.92 Å². The molecule has 0 bridgehead atoms. The van der Waals surface area contributed by atoms with Crippen LogP contribution in [0.15, 0.2) is 18.3 Å². The molecular formula is C16H24N2O3. The highest BCUT2D eigenvalue weighted by atomic mass is 16.5. The molecule has 1 heterocycles. The van der Waals surface area contributed by atoms with Gasteiger partial charge >= 0.3 is 5.97 Å². The number of hydrogen-bond donors (Lipinski definition) is 2. The van der Waals surface area contributed by atoms with Crippen molar-refractivity contribution < 1.29 is 14.6 Å². The second-order valence-corrected chi connectivity index (χ2v) is 5.92. The number of hydrogen-bond acceptors (Lipinski definition) is 5. The molecule has 1 aromatic rings. The van der Waals surface area contributed by atoms with Crippen LogP contribution >= 0.6 is 0 Å². The van der Waals surface area contributed by atoms with E-state index < -0.39 is 0 Å². The summed E-state index contributed by atoms with van der Waals surface area (Å²) in [5.41, 5.74) is 0.147. The number of ether oxygens (including phenoxy) is 1. The number of esters is 1. The Morgan fingerprint density at radius 2 is 2.38 bits per heavy atom. The van der Waals surface area contributed by atoms with Gasteiger partial charge < -0.3 is 15.2 Å². The topological polar surface area (TPSA) is 71.5 Å². The summed E-state index contributed by atoms with van der Waals surface area (Å²) in [4.78, 5) is 15.9. The van der Waals surface area contributed by atoms with Gasteiger partial charge in [-0.25, -0.2) is 9.78 Å². The summed E-state index contributed by atoms with van der Waals surface area (Å²) >= 11 is 0. The van der Waals surface area contributed by atoms with Crippen molar-refractivity contribution in [3.8, 4) is 0 Å². The molecule has 0 saturated heterocycles. The highest BCUT2D eigenvalue weighted by Gasteiger charge is 2.34. The lowest BCUT2D eigenvalue weighted by Gasteiger charge is -2.39. The third-order valence-electron chi connectivity index (χ3n) is 4.06. The maximum absolute atomic E-state index is 11.6. The molecule has 5 nitrogen and oxygen atoms in total. The number of pyridine rings is 1. The van der Waals surface area contributed by atoms with Crippen LogP contribution in [0.4, 0.5) is 5.82 Å². The summed E-state index contributed by atoms with van der Waals surface area (Å²) in [7, 11) is 0. The van der Waals surface area contributed by atoms with Gasteiger partial charge in [0.2, 0.25) is 0 Å². The highest BCUT2D eigenvalue weighted by Crippen LogP contribution is 2.34. The Bertz CT molecular complexity index is 475. The maximum atomic E-state index is 11.6. The Hall–Kier alpha value is -1.62. The minimum atomic E-state index is -0.361. The van der Waals surface area contributed by atoms with E-state index >= 15 is 0 Å². The normalized spacial score (nSPS) is 25.4. The monoisotopic (exact) mass is 292 g/mol. The van der Waals surface area contributed by atoms with Crippen LogP contribution in [-0.2, 0) is 4.74 Å². The van der Waals surface area contributed by atoms with Gasteiger partial charge in [0.1, 0.15) is 5.82 Å². The van der Waals surface area contributed by atoms with Gasteiger partial charge in [-0.1, -0.05) is 19.8 Å². The summed E-state index contributed by atoms with van der Waals surface area (Å²) in [6.07, 6.45) is 5.70. The molecule has 2 unspecified atom stereocenters. The Balaban J connectivity index is 2.06. The van der Waals surface area contributed by atoms with Gasteiger partial charge in [-0.15, -0.1) is 0 Å². The average Bonchev–Trinajstić information content (AvgIpc) is 2.48. The molecule has 0 aromatic carbocycles. The third kappa shape index (κ3) is 3.94. The molecule has 21 heavy (non-hydrogen) atoms. The minimum Gasteiger partial charge on any atom is -0.462 e. The van der Waals surface area contributed by atoms with Gasteiger partial charge in [-0.3, -0.25) is 0 Å². The Labute approximate surface area is 125 Å². The second-order valence-electron chi connectivity index (χ2n) is 5.92. The van der Waals surface area contributed by atoms with Gasteiger partial charge in [-0.05, 0) is 37.8 Å². The van der Waals surface area contributed by atoms with Crippen molar-refractivity contribution in [1.29, 1.82) is 0 Å². The number of nitrogens with one attached hydrogen (secondary N) is 1. The first-order valence-electron chi connectivity index (χ1n) is 7.61. The first kappa shape index (κ1) is 15.8. The molecule has 1 fully saturated rings. The second kappa shape index (κ2) is 6.89. The predicted molar refractivity (Wildman–Crippen MR) is 81.3 cm³/mol. The zero-order chi connectivity index (χ0) is 15.3. The summed E-state index contributed by atoms with van der Waals surface area (Å²) < 4.78 is 4.93. The quantitative estimate of drug-likeness (QED) is 0.816. The number of aliphatic hydroxyl groups is 1. The number of aromatic nitrogens is 1. The molecule has 0 radical (unpaired) electrons. The summed E-state index contributed by atoms with van der Waals surface area (Å²) in [5.74, 6) is 0.920. The number of nitrogens with zero attached hydrogens (tertiary/aromatic N) is 1. The van der Waals surface area contributed by atoms with E-state index in [9.17, 15) is 9.90 Å². The molecule has 2 atom stereocenters. The predicted octanol–water partition coefficient (Wildman–Crippen LogP) is 2.61. The van der Waals surface area contributed by atoms with Gasteiger partial charge in [0.15, 0.2) is 0 Å². The fourth-order valence-corrected chi connectivity index (χ4v) is 3.03. The van der Waals surface area contributed by atoms with Crippen molar-refractivity contribution >= 4 is 11.8 Å². The summed E-state index contributed by atoms with van der Waals surface area (Å²) in [5, 5.41) is 13.1. The molecule has 1 aliphatic carbocycles. The van der Waals surface area contributed by atoms with Crippen LogP contribution < -0.4 is 5.32 Å². The zero-order valence-corrected chi connectivity index (χ0v) is 12.8. The van der Waals surface area contributed by atoms with Crippen molar-refractivity contribution in [1.82, 2.24) is 4.98 Å². The smallest absolute Gasteiger partial charge is 0.339 e. The lowest BCUT2D eigenvalue weighted by atomic mass is 9.77. The zero-order valence-electron chi connectivity index (χ0n) is 12.8. The van der Waals surface area contributed by atoms with Gasteiger partial charge in [0.05, 0.1) is 24.3 Å². The lowest BCUT2D eigenvalue weighted by molar-refractivity contribution is 0.0526. The molecule has 1 aliphatic rings. The number of carbonyl (C=O) groups is 1. The van der Waals surface area contributed by atoms with E-state index in [-0.39, 0.29) is 18.1 Å². The van der Waals surface area contributed by atoms with Crippen LogP contribution in [-0.4, -0.2) is 34.8 Å². The molecule has 2 N–H and O–H groups in total. The van der Waals surface area contributed by atoms with E-state index in [4.69, 9.17) is 4.74 Å². The molecule has 5 heteroatoms. The molecule has 116 valence electrons. The Morgan fingerprint density at radius 1 is 1.57 bits per heavy atom. The largest absolute Gasteiger partial charge is 0.462 e. The molecule has 0 aliphatic heterocycles. The SMILES string of the molecule is CCOC(=O)c1ccc(NC2(CO)CCCC(C)C2)nc1. The van der Waals surface area contributed by atoms with Crippen LogP contribution in [0.5, 0.6) is 0 Å². The van der Waals surface area contributed by atoms with Crippen molar-refractivity contribution in [2.75, 3.05) is 18.5 Å². The first-order valence-corrected chi connectivity index (χ1v) is 7.61. The van der Waals surface area contributed by atoms with E-state index in [1.807, 2.05) is 0 Å². The van der Waals surface area contributed by atoms with Crippen molar-refractivity contribution in [2.45, 2.75) is 45.1 Å². The van der Waals surface area contributed by atoms with E-state index in [0.29, 0.717) is 23.9 Å². The van der Waals surface area contributed by atoms with E-state index in [1.165, 1.54) is 12.6 Å². The molecule has 1 saturated carbocycles. The van der Waals surface area contributed by atoms with Gasteiger partial charge in [-0.2, -0.15) is 0 Å². The van der Waals surface area contributed by atoms with Crippen molar-refractivity contribution in [2.24, 2.45) is 5.92 Å². The van der Waals surface area contributed by atoms with Gasteiger partial charge in [0, 0.05) is 6.20 Å². The van der Waals surface area contributed by atoms with Crippen LogP contribution in [0.3, 0.4) is 0 Å². The fraction of sp³-hybridized carbons (Fsp3) is 0.625. The summed E-state index contributed by atoms with van der Waals surface area (Å²) in [6, 6.07) is 3.47. The average molecular weight is 292 g/mol. The van der Waals surface area contributed by atoms with Crippen LogP contribution in [0.25, 0.3) is 0 Å². The van der Waals surface area contributed by atoms with Crippen LogP contribution in [0.1, 0.15) is 49.9 Å². The molecule has 0 spiro atoms. The third-order valence-corrected chi connectivity index (χ3v) is 4.06. The molecule has 1 aromatic heterocycles. The van der Waals surface area contributed by atoms with Gasteiger partial charge in [0.25, 0.3) is 0 Å². The van der Waals surface area contributed by atoms with E-state index in [2.05, 4.69) is 17.2 Å². The number of rotatable bonds is 5. The minimum absolute atomic E-state index is 0.0959. The Morgan fingerprint density at radius 3 is 2.95 bits per heavy atom. The highest BCUT2D eigenvalue weighted by molar-refractivity contribution is 5.89. The van der Waals surface area contributed by atoms with E-state index in [1.54, 1.807) is 19.1 Å². The van der Waals surface area contributed by atoms with Crippen molar-refractivity contribution in [3.63, 3.8) is 0 Å². The standard InChI is InChI=1S/C16H24N2O3/c1-3-21-15(20)13-6-7-14(17-10-13)18-16(11-19)8-4-5-12(2)9-16/h6-7,10,12,19H,3-5,8-9,11H2,1-2H3,(H,17,18). The number of anilines is 1. The number of carbonyl (C=O) groups excluding carboxylic acids is 1. The molecule has 2 rings (SSSR count). The first-order chi connectivity index (χ1) is 10.1. The maximum Gasteiger partial charge on any atom is 0.339 e. The molecule has 0 amide bonds. The molecular weight excluding hydrogens is 268 g/mol. The number of aliphatic hydroxyl groups excluding tert-OH is 1.